The van der Waals surface area contributed by atoms with Gasteiger partial charge in [-0.15, -0.1) is 11.3 Å². The smallest absolute Gasteiger partial charge is 0.264 e. The maximum atomic E-state index is 13.2. The van der Waals surface area contributed by atoms with Gasteiger partial charge in [-0.2, -0.15) is 0 Å². The Bertz CT molecular complexity index is 756. The summed E-state index contributed by atoms with van der Waals surface area (Å²) in [5.74, 6) is 0.0655. The van der Waals surface area contributed by atoms with Gasteiger partial charge in [0, 0.05) is 18.8 Å². The van der Waals surface area contributed by atoms with E-state index in [1.165, 1.54) is 16.9 Å². The van der Waals surface area contributed by atoms with Crippen molar-refractivity contribution in [3.05, 3.63) is 52.2 Å². The van der Waals surface area contributed by atoms with Crippen LogP contribution in [0.25, 0.3) is 0 Å². The van der Waals surface area contributed by atoms with Crippen LogP contribution in [0.2, 0.25) is 0 Å². The summed E-state index contributed by atoms with van der Waals surface area (Å²) in [4.78, 5) is 30.3. The van der Waals surface area contributed by atoms with E-state index in [1.54, 1.807) is 4.90 Å². The molecule has 1 saturated heterocycles. The number of hydrogen-bond donors (Lipinski definition) is 0. The van der Waals surface area contributed by atoms with Crippen molar-refractivity contribution in [2.75, 3.05) is 18.0 Å². The molecular formula is C19H20N2O2S. The number of thiophene rings is 1. The van der Waals surface area contributed by atoms with Crippen molar-refractivity contribution < 1.29 is 9.59 Å². The lowest BCUT2D eigenvalue weighted by atomic mass is 10.0. The SMILES string of the molecule is O=C(C1CCCN1C(=O)c1cccs1)N1CCCc2ccccc21. The highest BCUT2D eigenvalue weighted by molar-refractivity contribution is 7.12. The lowest BCUT2D eigenvalue weighted by Crippen LogP contribution is -2.49. The van der Waals surface area contributed by atoms with Crippen LogP contribution in [0.1, 0.15) is 34.5 Å². The van der Waals surface area contributed by atoms with Crippen LogP contribution >= 0.6 is 11.3 Å². The predicted octanol–water partition coefficient (Wildman–Crippen LogP) is 3.33. The van der Waals surface area contributed by atoms with Gasteiger partial charge in [-0.1, -0.05) is 24.3 Å². The zero-order chi connectivity index (χ0) is 16.5. The average Bonchev–Trinajstić information content (AvgIpc) is 3.31. The van der Waals surface area contributed by atoms with Gasteiger partial charge in [-0.3, -0.25) is 9.59 Å². The maximum absolute atomic E-state index is 13.2. The van der Waals surface area contributed by atoms with Gasteiger partial charge >= 0.3 is 0 Å². The van der Waals surface area contributed by atoms with Crippen molar-refractivity contribution in [2.24, 2.45) is 0 Å². The Hall–Kier alpha value is -2.14. The van der Waals surface area contributed by atoms with Gasteiger partial charge in [-0.25, -0.2) is 0 Å². The zero-order valence-electron chi connectivity index (χ0n) is 13.5. The van der Waals surface area contributed by atoms with Crippen molar-refractivity contribution in [1.29, 1.82) is 0 Å². The number of likely N-dealkylation sites (tertiary alicyclic amines) is 1. The summed E-state index contributed by atoms with van der Waals surface area (Å²) in [6.45, 7) is 1.41. The maximum Gasteiger partial charge on any atom is 0.264 e. The molecule has 2 amide bonds. The third-order valence-corrected chi connectivity index (χ3v) is 5.76. The fourth-order valence-electron chi connectivity index (χ4n) is 3.75. The van der Waals surface area contributed by atoms with Crippen molar-refractivity contribution in [2.45, 2.75) is 31.7 Å². The number of amides is 2. The first-order valence-corrected chi connectivity index (χ1v) is 9.37. The average molecular weight is 340 g/mol. The van der Waals surface area contributed by atoms with Crippen LogP contribution in [-0.4, -0.2) is 35.8 Å². The molecule has 0 radical (unpaired) electrons. The minimum atomic E-state index is -0.328. The molecule has 0 N–H and O–H groups in total. The number of para-hydroxylation sites is 1. The van der Waals surface area contributed by atoms with E-state index < -0.39 is 0 Å². The first kappa shape index (κ1) is 15.4. The molecule has 24 heavy (non-hydrogen) atoms. The van der Waals surface area contributed by atoms with E-state index in [4.69, 9.17) is 0 Å². The molecule has 1 atom stereocenters. The fourth-order valence-corrected chi connectivity index (χ4v) is 4.43. The number of fused-ring (bicyclic) bond motifs is 1. The van der Waals surface area contributed by atoms with Gasteiger partial charge in [0.25, 0.3) is 5.91 Å². The summed E-state index contributed by atoms with van der Waals surface area (Å²) >= 11 is 1.44. The number of anilines is 1. The highest BCUT2D eigenvalue weighted by Crippen LogP contribution is 2.30. The van der Waals surface area contributed by atoms with E-state index in [9.17, 15) is 9.59 Å². The summed E-state index contributed by atoms with van der Waals surface area (Å²) in [5.41, 5.74) is 2.25. The van der Waals surface area contributed by atoms with Gasteiger partial charge in [0.2, 0.25) is 5.91 Å². The molecule has 2 aliphatic heterocycles. The Labute approximate surface area is 145 Å². The Kier molecular flexibility index (Phi) is 4.10. The highest BCUT2D eigenvalue weighted by atomic mass is 32.1. The van der Waals surface area contributed by atoms with Crippen molar-refractivity contribution in [1.82, 2.24) is 4.90 Å². The predicted molar refractivity (Wildman–Crippen MR) is 95.5 cm³/mol. The first-order valence-electron chi connectivity index (χ1n) is 8.49. The van der Waals surface area contributed by atoms with Crippen LogP contribution in [0.5, 0.6) is 0 Å². The summed E-state index contributed by atoms with van der Waals surface area (Å²) in [6, 6.07) is 11.5. The number of carbonyl (C=O) groups is 2. The molecule has 0 aliphatic carbocycles. The molecule has 1 aromatic heterocycles. The van der Waals surface area contributed by atoms with Crippen LogP contribution in [0.15, 0.2) is 41.8 Å². The third kappa shape index (κ3) is 2.63. The van der Waals surface area contributed by atoms with Crippen LogP contribution < -0.4 is 4.90 Å². The summed E-state index contributed by atoms with van der Waals surface area (Å²) in [7, 11) is 0. The molecule has 1 fully saturated rings. The fraction of sp³-hybridized carbons (Fsp3) is 0.368. The largest absolute Gasteiger partial charge is 0.326 e. The van der Waals surface area contributed by atoms with E-state index in [0.29, 0.717) is 11.4 Å². The van der Waals surface area contributed by atoms with E-state index in [0.717, 1.165) is 37.9 Å². The molecule has 4 rings (SSSR count). The quantitative estimate of drug-likeness (QED) is 0.841. The molecule has 1 aromatic carbocycles. The van der Waals surface area contributed by atoms with E-state index in [2.05, 4.69) is 6.07 Å². The summed E-state index contributed by atoms with van der Waals surface area (Å²) < 4.78 is 0. The van der Waals surface area contributed by atoms with Crippen molar-refractivity contribution in [3.63, 3.8) is 0 Å². The van der Waals surface area contributed by atoms with E-state index in [-0.39, 0.29) is 17.9 Å². The second-order valence-corrected chi connectivity index (χ2v) is 7.30. The second kappa shape index (κ2) is 6.40. The molecule has 2 aliphatic rings. The third-order valence-electron chi connectivity index (χ3n) is 4.91. The minimum absolute atomic E-state index is 0.00820. The normalized spacial score (nSPS) is 20.1. The van der Waals surface area contributed by atoms with Crippen LogP contribution in [0.4, 0.5) is 5.69 Å². The molecule has 2 aromatic rings. The van der Waals surface area contributed by atoms with Crippen LogP contribution in [-0.2, 0) is 11.2 Å². The highest BCUT2D eigenvalue weighted by Gasteiger charge is 2.38. The van der Waals surface area contributed by atoms with Gasteiger partial charge in [0.05, 0.1) is 4.88 Å². The van der Waals surface area contributed by atoms with Gasteiger partial charge in [0.1, 0.15) is 6.04 Å². The Morgan fingerprint density at radius 1 is 1.04 bits per heavy atom. The Balaban J connectivity index is 1.59. The summed E-state index contributed by atoms with van der Waals surface area (Å²) in [6.07, 6.45) is 3.65. The molecule has 1 unspecified atom stereocenters. The first-order chi connectivity index (χ1) is 11.8. The molecule has 124 valence electrons. The standard InChI is InChI=1S/C19H20N2O2S/c22-18(20-11-3-7-14-6-1-2-8-15(14)20)16-9-4-12-21(16)19(23)17-10-5-13-24-17/h1-2,5-6,8,10,13,16H,3-4,7,9,11-12H2. The number of aryl methyl sites for hydroxylation is 1. The number of nitrogens with zero attached hydrogens (tertiary/aromatic N) is 2. The molecule has 0 spiro atoms. The molecule has 0 saturated carbocycles. The number of carbonyl (C=O) groups excluding carboxylic acids is 2. The van der Waals surface area contributed by atoms with E-state index in [1.807, 2.05) is 40.6 Å². The molecular weight excluding hydrogens is 320 g/mol. The van der Waals surface area contributed by atoms with Gasteiger partial charge in [0.15, 0.2) is 0 Å². The van der Waals surface area contributed by atoms with Gasteiger partial charge < -0.3 is 9.80 Å². The zero-order valence-corrected chi connectivity index (χ0v) is 14.3. The van der Waals surface area contributed by atoms with Crippen molar-refractivity contribution in [3.8, 4) is 0 Å². The van der Waals surface area contributed by atoms with Crippen LogP contribution in [0.3, 0.4) is 0 Å². The molecule has 4 nitrogen and oxygen atoms in total. The molecule has 5 heteroatoms. The molecule has 3 heterocycles. The monoisotopic (exact) mass is 340 g/mol. The lowest BCUT2D eigenvalue weighted by Gasteiger charge is -2.34. The number of hydrogen-bond acceptors (Lipinski definition) is 3. The van der Waals surface area contributed by atoms with Crippen LogP contribution in [0, 0.1) is 0 Å². The Morgan fingerprint density at radius 2 is 1.92 bits per heavy atom. The van der Waals surface area contributed by atoms with E-state index >= 15 is 0 Å². The lowest BCUT2D eigenvalue weighted by molar-refractivity contribution is -0.122. The number of rotatable bonds is 2. The number of benzene rings is 1. The minimum Gasteiger partial charge on any atom is -0.326 e. The second-order valence-electron chi connectivity index (χ2n) is 6.36. The van der Waals surface area contributed by atoms with Crippen molar-refractivity contribution >= 4 is 28.8 Å². The Morgan fingerprint density at radius 3 is 2.75 bits per heavy atom. The molecule has 0 bridgehead atoms. The topological polar surface area (TPSA) is 40.6 Å². The van der Waals surface area contributed by atoms with Gasteiger partial charge in [-0.05, 0) is 48.8 Å². The summed E-state index contributed by atoms with van der Waals surface area (Å²) in [5, 5.41) is 1.90.